The lowest BCUT2D eigenvalue weighted by Crippen LogP contribution is -2.02. The number of hydrogen-bond donors (Lipinski definition) is 0. The van der Waals surface area contributed by atoms with Crippen LogP contribution in [0.15, 0.2) is 260 Å². The number of allylic oxidation sites excluding steroid dienone is 2. The fourth-order valence-corrected chi connectivity index (χ4v) is 10.2. The van der Waals surface area contributed by atoms with Crippen molar-refractivity contribution in [1.82, 2.24) is 9.13 Å². The van der Waals surface area contributed by atoms with E-state index in [0.29, 0.717) is 6.54 Å². The number of nitrogens with zero attached hydrogens (tertiary/aromatic N) is 3. The lowest BCUT2D eigenvalue weighted by atomic mass is 9.98. The molecule has 10 aromatic carbocycles. The van der Waals surface area contributed by atoms with E-state index in [1.165, 1.54) is 65.3 Å². The van der Waals surface area contributed by atoms with Crippen molar-refractivity contribution >= 4 is 76.6 Å². The minimum Gasteiger partial charge on any atom is -0.313 e. The fourth-order valence-electron chi connectivity index (χ4n) is 10.2. The van der Waals surface area contributed by atoms with E-state index in [1.54, 1.807) is 0 Å². The lowest BCUT2D eigenvalue weighted by Gasteiger charge is -2.15. The zero-order valence-electron chi connectivity index (χ0n) is 37.8. The third-order valence-corrected chi connectivity index (χ3v) is 13.4. The summed E-state index contributed by atoms with van der Waals surface area (Å²) in [7, 11) is 0. The summed E-state index contributed by atoms with van der Waals surface area (Å²) in [5.41, 5.74) is 14.7. The van der Waals surface area contributed by atoms with Gasteiger partial charge in [0.15, 0.2) is 0 Å². The summed E-state index contributed by atoms with van der Waals surface area (Å²) < 4.78 is 4.85. The molecule has 0 aliphatic carbocycles. The first-order chi connectivity index (χ1) is 33.7. The zero-order valence-corrected chi connectivity index (χ0v) is 37.8. The molecule has 322 valence electrons. The van der Waals surface area contributed by atoms with Crippen LogP contribution in [0.2, 0.25) is 0 Å². The standard InChI is InChI=1S/C65H47N3/c1-45(41-61(49-23-9-4-10-24-49)66-44-46-19-5-2-6-20-46)67-62-31-17-16-30-58(62)60-43-51(35-39-64(60)67)50-36-40-65-59(42-50)56-28-14-12-26-54(56)53-25-11-13-27-55(53)57-29-15-18-32-63(57)68(65)52-37-33-48(34-38-52)47-21-7-3-8-22-47/h2-43H,44H2,1H3/b45-41+,66-61?. The van der Waals surface area contributed by atoms with Crippen LogP contribution in [0.5, 0.6) is 0 Å². The molecule has 68 heavy (non-hydrogen) atoms. The SMILES string of the molecule is C/C(=C\C(=NCc1ccccc1)c1ccccc1)n1c2ccccc2c2cc(-c3ccc4c(c3)c3ccccc3c3ccccc3c3ccccc3n4-c3ccc(-c4ccccc4)cc3)ccc21. The molecule has 2 aromatic heterocycles. The topological polar surface area (TPSA) is 22.2 Å². The number of para-hydroxylation sites is 2. The molecule has 0 radical (unpaired) electrons. The summed E-state index contributed by atoms with van der Waals surface area (Å²) in [5.74, 6) is 0. The minimum absolute atomic E-state index is 0.605. The van der Waals surface area contributed by atoms with Crippen LogP contribution in [-0.2, 0) is 6.54 Å². The Hall–Kier alpha value is -8.79. The van der Waals surface area contributed by atoms with Crippen molar-refractivity contribution in [2.75, 3.05) is 0 Å². The Balaban J connectivity index is 1.08. The van der Waals surface area contributed by atoms with E-state index in [2.05, 4.69) is 271 Å². The summed E-state index contributed by atoms with van der Waals surface area (Å²) in [5, 5.41) is 9.60. The van der Waals surface area contributed by atoms with Gasteiger partial charge in [0, 0.05) is 32.9 Å². The molecule has 0 fully saturated rings. The van der Waals surface area contributed by atoms with Crippen molar-refractivity contribution in [3.05, 3.63) is 266 Å². The molecule has 2 heterocycles. The highest BCUT2D eigenvalue weighted by atomic mass is 15.0. The number of hydrogen-bond acceptors (Lipinski definition) is 1. The van der Waals surface area contributed by atoms with Crippen LogP contribution in [0.4, 0.5) is 0 Å². The third-order valence-electron chi connectivity index (χ3n) is 13.4. The van der Waals surface area contributed by atoms with Crippen molar-refractivity contribution in [2.24, 2.45) is 4.99 Å². The van der Waals surface area contributed by atoms with Gasteiger partial charge in [-0.1, -0.05) is 200 Å². The van der Waals surface area contributed by atoms with Crippen LogP contribution >= 0.6 is 0 Å². The third kappa shape index (κ3) is 7.41. The van der Waals surface area contributed by atoms with E-state index in [4.69, 9.17) is 4.99 Å². The van der Waals surface area contributed by atoms with Gasteiger partial charge in [-0.25, -0.2) is 0 Å². The van der Waals surface area contributed by atoms with Crippen LogP contribution in [0.3, 0.4) is 0 Å². The highest BCUT2D eigenvalue weighted by Crippen LogP contribution is 2.39. The monoisotopic (exact) mass is 869 g/mol. The highest BCUT2D eigenvalue weighted by Gasteiger charge is 2.16. The summed E-state index contributed by atoms with van der Waals surface area (Å²) in [6, 6.07) is 90.1. The van der Waals surface area contributed by atoms with Gasteiger partial charge in [-0.15, -0.1) is 0 Å². The predicted octanol–water partition coefficient (Wildman–Crippen LogP) is 17.2. The molecule has 0 aliphatic heterocycles. The summed E-state index contributed by atoms with van der Waals surface area (Å²) >= 11 is 0. The Labute approximate surface area is 396 Å². The Morgan fingerprint density at radius 2 is 0.779 bits per heavy atom. The molecule has 12 aromatic rings. The van der Waals surface area contributed by atoms with Gasteiger partial charge in [0.1, 0.15) is 0 Å². The van der Waals surface area contributed by atoms with E-state index in [-0.39, 0.29) is 0 Å². The van der Waals surface area contributed by atoms with Crippen molar-refractivity contribution in [1.29, 1.82) is 0 Å². The average molecular weight is 870 g/mol. The normalized spacial score (nSPS) is 12.1. The van der Waals surface area contributed by atoms with E-state index < -0.39 is 0 Å². The van der Waals surface area contributed by atoms with Crippen molar-refractivity contribution in [3.8, 4) is 27.9 Å². The van der Waals surface area contributed by atoms with Gasteiger partial charge >= 0.3 is 0 Å². The fraction of sp³-hybridized carbons (Fsp3) is 0.0308. The van der Waals surface area contributed by atoms with Crippen molar-refractivity contribution in [2.45, 2.75) is 13.5 Å². The zero-order chi connectivity index (χ0) is 45.4. The average Bonchev–Trinajstić information content (AvgIpc) is 3.76. The van der Waals surface area contributed by atoms with Gasteiger partial charge in [-0.2, -0.15) is 0 Å². The maximum atomic E-state index is 5.19. The number of aromatic nitrogens is 2. The first kappa shape index (κ1) is 40.7. The second-order valence-electron chi connectivity index (χ2n) is 17.5. The van der Waals surface area contributed by atoms with Crippen LogP contribution in [0.25, 0.3) is 98.8 Å². The Kier molecular flexibility index (Phi) is 10.5. The van der Waals surface area contributed by atoms with Gasteiger partial charge in [-0.3, -0.25) is 4.99 Å². The van der Waals surface area contributed by atoms with E-state index in [1.807, 2.05) is 0 Å². The first-order valence-electron chi connectivity index (χ1n) is 23.4. The molecule has 12 rings (SSSR count). The molecular formula is C65H47N3. The van der Waals surface area contributed by atoms with Gasteiger partial charge < -0.3 is 9.13 Å². The highest BCUT2D eigenvalue weighted by molar-refractivity contribution is 6.20. The van der Waals surface area contributed by atoms with Crippen molar-refractivity contribution < 1.29 is 0 Å². The van der Waals surface area contributed by atoms with Crippen LogP contribution in [0, 0.1) is 0 Å². The summed E-state index contributed by atoms with van der Waals surface area (Å²) in [4.78, 5) is 5.19. The molecule has 0 atom stereocenters. The quantitative estimate of drug-likeness (QED) is 0.136. The molecule has 0 amide bonds. The molecule has 3 heteroatoms. The molecule has 0 saturated carbocycles. The molecule has 0 unspecified atom stereocenters. The second-order valence-corrected chi connectivity index (χ2v) is 17.5. The Bertz CT molecular complexity index is 3970. The minimum atomic E-state index is 0.605. The van der Waals surface area contributed by atoms with E-state index in [9.17, 15) is 0 Å². The predicted molar refractivity (Wildman–Crippen MR) is 290 cm³/mol. The van der Waals surface area contributed by atoms with E-state index >= 15 is 0 Å². The molecule has 3 nitrogen and oxygen atoms in total. The number of aliphatic imine (C=N–C) groups is 1. The Morgan fingerprint density at radius 3 is 1.41 bits per heavy atom. The molecular weight excluding hydrogens is 823 g/mol. The van der Waals surface area contributed by atoms with Gasteiger partial charge in [-0.05, 0) is 116 Å². The van der Waals surface area contributed by atoms with Gasteiger partial charge in [0.2, 0.25) is 0 Å². The number of rotatable bonds is 8. The second kappa shape index (κ2) is 17.5. The first-order valence-corrected chi connectivity index (χ1v) is 23.4. The van der Waals surface area contributed by atoms with Gasteiger partial charge in [0.05, 0.1) is 34.3 Å². The van der Waals surface area contributed by atoms with Crippen molar-refractivity contribution in [3.63, 3.8) is 0 Å². The summed E-state index contributed by atoms with van der Waals surface area (Å²) in [6.45, 7) is 2.81. The lowest BCUT2D eigenvalue weighted by molar-refractivity contribution is 1.07. The molecule has 0 saturated heterocycles. The maximum absolute atomic E-state index is 5.19. The number of benzene rings is 10. The smallest absolute Gasteiger partial charge is 0.0668 e. The van der Waals surface area contributed by atoms with Crippen LogP contribution < -0.4 is 0 Å². The largest absolute Gasteiger partial charge is 0.313 e. The van der Waals surface area contributed by atoms with Crippen LogP contribution in [0.1, 0.15) is 18.1 Å². The molecule has 0 aliphatic rings. The Morgan fingerprint density at radius 1 is 0.368 bits per heavy atom. The molecule has 0 spiro atoms. The van der Waals surface area contributed by atoms with Crippen LogP contribution in [-0.4, -0.2) is 14.8 Å². The van der Waals surface area contributed by atoms with Gasteiger partial charge in [0.25, 0.3) is 0 Å². The molecule has 0 bridgehead atoms. The molecule has 0 N–H and O–H groups in total. The van der Waals surface area contributed by atoms with E-state index in [0.717, 1.165) is 50.3 Å². The number of fused-ring (bicyclic) bond motifs is 10. The maximum Gasteiger partial charge on any atom is 0.0668 e. The summed E-state index contributed by atoms with van der Waals surface area (Å²) in [6.07, 6.45) is 2.24.